The van der Waals surface area contributed by atoms with Gasteiger partial charge in [0.05, 0.1) is 12.8 Å². The van der Waals surface area contributed by atoms with Crippen molar-refractivity contribution in [1.82, 2.24) is 4.57 Å². The third kappa shape index (κ3) is 2.61. The van der Waals surface area contributed by atoms with Crippen LogP contribution in [0.3, 0.4) is 0 Å². The molecule has 3 aromatic rings. The normalized spacial score (nSPS) is 10.3. The first-order valence-corrected chi connectivity index (χ1v) is 6.85. The Hall–Kier alpha value is -2.74. The van der Waals surface area contributed by atoms with Gasteiger partial charge in [-0.25, -0.2) is 0 Å². The fraction of sp³-hybridized carbons (Fsp3) is 0.0526. The molecule has 0 atom stereocenters. The summed E-state index contributed by atoms with van der Waals surface area (Å²) in [6, 6.07) is 20.3. The maximum atomic E-state index is 5.36. The molecule has 1 heterocycles. The Labute approximate surface area is 124 Å². The second-order valence-corrected chi connectivity index (χ2v) is 4.82. The van der Waals surface area contributed by atoms with E-state index in [1.54, 1.807) is 7.11 Å². The molecule has 0 fully saturated rings. The molecule has 2 nitrogen and oxygen atoms in total. The molecule has 0 aliphatic rings. The lowest BCUT2D eigenvalue weighted by molar-refractivity contribution is 0.414. The Bertz CT molecular complexity index is 743. The fourth-order valence-electron chi connectivity index (χ4n) is 2.40. The molecular weight excluding hydrogens is 258 g/mol. The summed E-state index contributed by atoms with van der Waals surface area (Å²) < 4.78 is 7.45. The molecule has 0 N–H and O–H groups in total. The van der Waals surface area contributed by atoms with E-state index in [-0.39, 0.29) is 0 Å². The third-order valence-corrected chi connectivity index (χ3v) is 3.53. The van der Waals surface area contributed by atoms with Crippen LogP contribution >= 0.6 is 0 Å². The van der Waals surface area contributed by atoms with Crippen molar-refractivity contribution < 1.29 is 4.74 Å². The van der Waals surface area contributed by atoms with Crippen LogP contribution in [0.25, 0.3) is 11.3 Å². The van der Waals surface area contributed by atoms with Crippen LogP contribution in [-0.4, -0.2) is 11.7 Å². The van der Waals surface area contributed by atoms with Gasteiger partial charge in [0.15, 0.2) is 0 Å². The molecule has 21 heavy (non-hydrogen) atoms. The van der Waals surface area contributed by atoms with Crippen LogP contribution in [-0.2, 0) is 0 Å². The first kappa shape index (κ1) is 13.3. The zero-order valence-corrected chi connectivity index (χ0v) is 12.0. The highest BCUT2D eigenvalue weighted by Crippen LogP contribution is 2.30. The number of rotatable bonds is 4. The SMILES string of the molecule is C=C(c1ccccc1)c1cc(OC)ccc1-n1cccc1. The van der Waals surface area contributed by atoms with Gasteiger partial charge in [-0.05, 0) is 41.5 Å². The standard InChI is InChI=1S/C19H17NO/c1-15(16-8-4-3-5-9-16)18-14-17(21-2)10-11-19(18)20-12-6-7-13-20/h3-14H,1H2,2H3. The number of methoxy groups -OCH3 is 1. The van der Waals surface area contributed by atoms with E-state index in [4.69, 9.17) is 4.74 Å². The van der Waals surface area contributed by atoms with Crippen molar-refractivity contribution in [3.63, 3.8) is 0 Å². The molecule has 2 aromatic carbocycles. The summed E-state index contributed by atoms with van der Waals surface area (Å²) in [6.45, 7) is 4.27. The smallest absolute Gasteiger partial charge is 0.119 e. The van der Waals surface area contributed by atoms with Gasteiger partial charge in [0.1, 0.15) is 5.75 Å². The molecular formula is C19H17NO. The van der Waals surface area contributed by atoms with Crippen molar-refractivity contribution in [1.29, 1.82) is 0 Å². The number of ether oxygens (including phenoxy) is 1. The largest absolute Gasteiger partial charge is 0.497 e. The van der Waals surface area contributed by atoms with Gasteiger partial charge in [-0.2, -0.15) is 0 Å². The van der Waals surface area contributed by atoms with E-state index in [9.17, 15) is 0 Å². The van der Waals surface area contributed by atoms with Crippen molar-refractivity contribution in [3.8, 4) is 11.4 Å². The fourth-order valence-corrected chi connectivity index (χ4v) is 2.40. The molecule has 0 unspecified atom stereocenters. The molecule has 1 aromatic heterocycles. The highest BCUT2D eigenvalue weighted by molar-refractivity contribution is 5.83. The molecule has 2 heteroatoms. The van der Waals surface area contributed by atoms with E-state index in [0.29, 0.717) is 0 Å². The average Bonchev–Trinajstić information content (AvgIpc) is 3.08. The van der Waals surface area contributed by atoms with E-state index in [2.05, 4.69) is 29.3 Å². The zero-order chi connectivity index (χ0) is 14.7. The summed E-state index contributed by atoms with van der Waals surface area (Å²) >= 11 is 0. The van der Waals surface area contributed by atoms with Gasteiger partial charge >= 0.3 is 0 Å². The predicted molar refractivity (Wildman–Crippen MR) is 86.9 cm³/mol. The van der Waals surface area contributed by atoms with Crippen LogP contribution in [0.4, 0.5) is 0 Å². The Morgan fingerprint density at radius 2 is 1.67 bits per heavy atom. The van der Waals surface area contributed by atoms with E-state index in [1.807, 2.05) is 54.9 Å². The van der Waals surface area contributed by atoms with Gasteiger partial charge in [0, 0.05) is 18.0 Å². The minimum Gasteiger partial charge on any atom is -0.497 e. The van der Waals surface area contributed by atoms with Crippen LogP contribution in [0.5, 0.6) is 5.75 Å². The quantitative estimate of drug-likeness (QED) is 0.681. The van der Waals surface area contributed by atoms with E-state index >= 15 is 0 Å². The van der Waals surface area contributed by atoms with E-state index in [0.717, 1.165) is 28.1 Å². The Balaban J connectivity index is 2.13. The number of hydrogen-bond acceptors (Lipinski definition) is 1. The van der Waals surface area contributed by atoms with Gasteiger partial charge in [0.2, 0.25) is 0 Å². The van der Waals surface area contributed by atoms with Crippen LogP contribution in [0.2, 0.25) is 0 Å². The molecule has 0 radical (unpaired) electrons. The Kier molecular flexibility index (Phi) is 3.61. The lowest BCUT2D eigenvalue weighted by Crippen LogP contribution is -1.98. The summed E-state index contributed by atoms with van der Waals surface area (Å²) in [5, 5.41) is 0. The van der Waals surface area contributed by atoms with Crippen molar-refractivity contribution in [2.75, 3.05) is 7.11 Å². The summed E-state index contributed by atoms with van der Waals surface area (Å²) in [7, 11) is 1.68. The summed E-state index contributed by atoms with van der Waals surface area (Å²) in [5.41, 5.74) is 4.25. The first-order chi connectivity index (χ1) is 10.3. The van der Waals surface area contributed by atoms with E-state index < -0.39 is 0 Å². The lowest BCUT2D eigenvalue weighted by atomic mass is 9.97. The summed E-state index contributed by atoms with van der Waals surface area (Å²) in [6.07, 6.45) is 4.06. The number of nitrogens with zero attached hydrogens (tertiary/aromatic N) is 1. The molecule has 0 bridgehead atoms. The molecule has 0 saturated heterocycles. The minimum absolute atomic E-state index is 0.831. The number of hydrogen-bond donors (Lipinski definition) is 0. The van der Waals surface area contributed by atoms with Gasteiger partial charge in [-0.15, -0.1) is 0 Å². The zero-order valence-electron chi connectivity index (χ0n) is 12.0. The molecule has 104 valence electrons. The second-order valence-electron chi connectivity index (χ2n) is 4.82. The van der Waals surface area contributed by atoms with Crippen LogP contribution < -0.4 is 4.74 Å². The highest BCUT2D eigenvalue weighted by atomic mass is 16.5. The van der Waals surface area contributed by atoms with Gasteiger partial charge in [-0.3, -0.25) is 0 Å². The molecule has 0 amide bonds. The van der Waals surface area contributed by atoms with Gasteiger partial charge in [-0.1, -0.05) is 36.9 Å². The Morgan fingerprint density at radius 3 is 2.33 bits per heavy atom. The third-order valence-electron chi connectivity index (χ3n) is 3.53. The molecule has 0 saturated carbocycles. The van der Waals surface area contributed by atoms with Gasteiger partial charge < -0.3 is 9.30 Å². The first-order valence-electron chi connectivity index (χ1n) is 6.85. The van der Waals surface area contributed by atoms with Crippen LogP contribution in [0.15, 0.2) is 79.6 Å². The average molecular weight is 275 g/mol. The van der Waals surface area contributed by atoms with Crippen molar-refractivity contribution in [2.45, 2.75) is 0 Å². The van der Waals surface area contributed by atoms with Gasteiger partial charge in [0.25, 0.3) is 0 Å². The van der Waals surface area contributed by atoms with Crippen LogP contribution in [0, 0.1) is 0 Å². The molecule has 0 spiro atoms. The number of aromatic nitrogens is 1. The predicted octanol–water partition coefficient (Wildman–Crippen LogP) is 4.55. The second kappa shape index (κ2) is 5.71. The lowest BCUT2D eigenvalue weighted by Gasteiger charge is -2.15. The van der Waals surface area contributed by atoms with E-state index in [1.165, 1.54) is 0 Å². The minimum atomic E-state index is 0.831. The highest BCUT2D eigenvalue weighted by Gasteiger charge is 2.10. The monoisotopic (exact) mass is 275 g/mol. The maximum Gasteiger partial charge on any atom is 0.119 e. The van der Waals surface area contributed by atoms with Crippen molar-refractivity contribution >= 4 is 5.57 Å². The molecule has 3 rings (SSSR count). The van der Waals surface area contributed by atoms with Crippen LogP contribution in [0.1, 0.15) is 11.1 Å². The summed E-state index contributed by atoms with van der Waals surface area (Å²) in [5.74, 6) is 0.831. The molecule has 0 aliphatic carbocycles. The topological polar surface area (TPSA) is 14.2 Å². The molecule has 0 aliphatic heterocycles. The van der Waals surface area contributed by atoms with Crippen molar-refractivity contribution in [3.05, 3.63) is 90.8 Å². The Morgan fingerprint density at radius 1 is 0.952 bits per heavy atom. The number of benzene rings is 2. The van der Waals surface area contributed by atoms with Crippen molar-refractivity contribution in [2.24, 2.45) is 0 Å². The summed E-state index contributed by atoms with van der Waals surface area (Å²) in [4.78, 5) is 0. The maximum absolute atomic E-state index is 5.36.